The molecule has 0 saturated heterocycles. The number of hydrogen-bond donors (Lipinski definition) is 4. The van der Waals surface area contributed by atoms with Gasteiger partial charge in [-0.15, -0.1) is 0 Å². The lowest BCUT2D eigenvalue weighted by Gasteiger charge is -2.00. The number of H-pyrrole nitrogens is 2. The number of aliphatic hydroxyl groups is 1. The molecule has 0 unspecified atom stereocenters. The predicted molar refractivity (Wildman–Crippen MR) is 118 cm³/mol. The first-order valence-corrected chi connectivity index (χ1v) is 9.55. The van der Waals surface area contributed by atoms with Crippen LogP contribution in [0.2, 0.25) is 0 Å². The second-order valence-electron chi connectivity index (χ2n) is 6.98. The molecule has 5 rings (SSSR count). The Morgan fingerprint density at radius 1 is 0.900 bits per heavy atom. The molecule has 0 atom stereocenters. The fourth-order valence-corrected chi connectivity index (χ4v) is 3.40. The van der Waals surface area contributed by atoms with E-state index in [4.69, 9.17) is 6.48 Å². The first kappa shape index (κ1) is 16.9. The molecule has 4 N–H and O–H groups in total. The van der Waals surface area contributed by atoms with Gasteiger partial charge in [0.15, 0.2) is 0 Å². The number of rotatable bonds is 3. The molecule has 0 spiro atoms. The Bertz CT molecular complexity index is 1410. The molecule has 0 saturated carbocycles. The van der Waals surface area contributed by atoms with Crippen molar-refractivity contribution in [1.29, 1.82) is 0 Å². The number of amides is 1. The van der Waals surface area contributed by atoms with Gasteiger partial charge in [-0.3, -0.25) is 4.79 Å². The summed E-state index contributed by atoms with van der Waals surface area (Å²) in [5.74, 6) is -0.283. The molecule has 0 aliphatic carbocycles. The van der Waals surface area contributed by atoms with Crippen molar-refractivity contribution in [2.24, 2.45) is 0 Å². The number of nitrogens with one attached hydrogen (secondary N) is 3. The van der Waals surface area contributed by atoms with Crippen LogP contribution < -0.4 is 5.32 Å². The number of aliphatic hydroxyl groups excluding tert-OH is 1. The Hall–Kier alpha value is -3.97. The number of aromatic amines is 2. The molecule has 0 radical (unpaired) electrons. The highest BCUT2D eigenvalue weighted by molar-refractivity contribution is 6.03. The summed E-state index contributed by atoms with van der Waals surface area (Å²) in [4.78, 5) is 28.3. The second kappa shape index (κ2) is 7.46. The molecule has 3 aromatic rings. The highest BCUT2D eigenvalue weighted by Gasteiger charge is 2.11. The molecule has 0 aromatic carbocycles. The Morgan fingerprint density at radius 2 is 1.53 bits per heavy atom. The van der Waals surface area contributed by atoms with Gasteiger partial charge in [0.2, 0.25) is 0 Å². The quantitative estimate of drug-likeness (QED) is 0.374. The van der Waals surface area contributed by atoms with Crippen LogP contribution in [0.25, 0.3) is 46.4 Å². The smallest absolute Gasteiger partial charge is 0.253 e. The molecule has 3 aromatic heterocycles. The van der Waals surface area contributed by atoms with Gasteiger partial charge in [0.05, 0.1) is 41.8 Å². The van der Waals surface area contributed by atoms with E-state index in [-0.39, 0.29) is 19.1 Å². The van der Waals surface area contributed by atoms with E-state index in [0.29, 0.717) is 34.0 Å². The Morgan fingerprint density at radius 3 is 2.23 bits per heavy atom. The lowest BCUT2D eigenvalue weighted by molar-refractivity contribution is 0.0946. The molecular formula is C23H19N5O2. The SMILES string of the molecule is [2H]c1cc2cc3nc(cc4cc(C(=O)NCCO)c(cc5nc(cc1[nH]2)C=C5)[nH]4)C=C3. The Labute approximate surface area is 173 Å². The van der Waals surface area contributed by atoms with Gasteiger partial charge in [-0.2, -0.15) is 0 Å². The molecule has 7 nitrogen and oxygen atoms in total. The van der Waals surface area contributed by atoms with E-state index in [0.717, 1.165) is 22.4 Å². The summed E-state index contributed by atoms with van der Waals surface area (Å²) in [6.07, 6.45) is 7.50. The zero-order valence-corrected chi connectivity index (χ0v) is 15.9. The molecule has 0 fully saturated rings. The van der Waals surface area contributed by atoms with E-state index in [2.05, 4.69) is 25.3 Å². The zero-order valence-electron chi connectivity index (χ0n) is 16.9. The highest BCUT2D eigenvalue weighted by Crippen LogP contribution is 2.19. The molecule has 2 aliphatic rings. The summed E-state index contributed by atoms with van der Waals surface area (Å²) in [5, 5.41) is 11.7. The summed E-state index contributed by atoms with van der Waals surface area (Å²) >= 11 is 0. The van der Waals surface area contributed by atoms with Crippen molar-refractivity contribution in [2.75, 3.05) is 13.2 Å². The van der Waals surface area contributed by atoms with Gasteiger partial charge in [-0.1, -0.05) is 0 Å². The third-order valence-electron chi connectivity index (χ3n) is 4.73. The minimum absolute atomic E-state index is 0.132. The molecule has 2 aliphatic heterocycles. The maximum atomic E-state index is 12.6. The van der Waals surface area contributed by atoms with Gasteiger partial charge in [0.1, 0.15) is 0 Å². The zero-order chi connectivity index (χ0) is 21.4. The molecule has 1 amide bonds. The van der Waals surface area contributed by atoms with Crippen molar-refractivity contribution in [3.05, 3.63) is 70.8 Å². The molecule has 30 heavy (non-hydrogen) atoms. The van der Waals surface area contributed by atoms with Crippen LogP contribution in [0.15, 0.2) is 42.4 Å². The van der Waals surface area contributed by atoms with E-state index in [1.807, 2.05) is 42.5 Å². The van der Waals surface area contributed by atoms with Gasteiger partial charge in [0.25, 0.3) is 5.91 Å². The largest absolute Gasteiger partial charge is 0.395 e. The average Bonchev–Trinajstić information content (AvgIpc) is 3.51. The van der Waals surface area contributed by atoms with Crippen LogP contribution in [0.4, 0.5) is 0 Å². The van der Waals surface area contributed by atoms with Crippen molar-refractivity contribution >= 4 is 52.3 Å². The summed E-state index contributed by atoms with van der Waals surface area (Å²) in [6.45, 7) is 0.0417. The third kappa shape index (κ3) is 3.66. The van der Waals surface area contributed by atoms with Crippen LogP contribution in [0.5, 0.6) is 0 Å². The minimum atomic E-state index is -0.283. The number of nitrogens with zero attached hydrogens (tertiary/aromatic N) is 2. The first-order valence-electron chi connectivity index (χ1n) is 10.1. The summed E-state index contributed by atoms with van der Waals surface area (Å²) in [7, 11) is 0. The van der Waals surface area contributed by atoms with E-state index in [9.17, 15) is 4.79 Å². The van der Waals surface area contributed by atoms with Crippen LogP contribution in [0.1, 0.15) is 34.5 Å². The second-order valence-corrected chi connectivity index (χ2v) is 6.98. The van der Waals surface area contributed by atoms with Crippen LogP contribution in [-0.2, 0) is 0 Å². The Balaban J connectivity index is 1.79. The maximum absolute atomic E-state index is 12.6. The summed E-state index contributed by atoms with van der Waals surface area (Å²) in [6, 6.07) is 11.2. The number of carbonyl (C=O) groups excluding carboxylic acids is 1. The number of aromatic nitrogens is 4. The monoisotopic (exact) mass is 398 g/mol. The number of fused-ring (bicyclic) bond motifs is 8. The summed E-state index contributed by atoms with van der Waals surface area (Å²) < 4.78 is 8.21. The summed E-state index contributed by atoms with van der Waals surface area (Å²) in [5.41, 5.74) is 6.14. The topological polar surface area (TPSA) is 107 Å². The third-order valence-corrected chi connectivity index (χ3v) is 4.73. The molecule has 148 valence electrons. The average molecular weight is 398 g/mol. The molecule has 8 bridgehead atoms. The van der Waals surface area contributed by atoms with Gasteiger partial charge in [-0.25, -0.2) is 9.97 Å². The van der Waals surface area contributed by atoms with Crippen molar-refractivity contribution in [2.45, 2.75) is 0 Å². The molecular weight excluding hydrogens is 378 g/mol. The van der Waals surface area contributed by atoms with E-state index < -0.39 is 0 Å². The Kier molecular flexibility index (Phi) is 4.21. The highest BCUT2D eigenvalue weighted by atomic mass is 16.3. The normalized spacial score (nSPS) is 12.8. The van der Waals surface area contributed by atoms with Crippen LogP contribution in [0.3, 0.4) is 0 Å². The number of hydrogen-bond acceptors (Lipinski definition) is 4. The van der Waals surface area contributed by atoms with E-state index in [1.165, 1.54) is 0 Å². The van der Waals surface area contributed by atoms with Crippen LogP contribution in [-0.4, -0.2) is 44.1 Å². The fourth-order valence-electron chi connectivity index (χ4n) is 3.40. The lowest BCUT2D eigenvalue weighted by atomic mass is 10.2. The van der Waals surface area contributed by atoms with Crippen LogP contribution >= 0.6 is 0 Å². The van der Waals surface area contributed by atoms with Gasteiger partial charge >= 0.3 is 0 Å². The fraction of sp³-hybridized carbons (Fsp3) is 0.0870. The van der Waals surface area contributed by atoms with Crippen molar-refractivity contribution < 1.29 is 11.3 Å². The minimum Gasteiger partial charge on any atom is -0.395 e. The predicted octanol–water partition coefficient (Wildman–Crippen LogP) is 3.38. The molecule has 7 heteroatoms. The maximum Gasteiger partial charge on any atom is 0.253 e. The molecule has 5 heterocycles. The number of carbonyl (C=O) groups is 1. The van der Waals surface area contributed by atoms with Gasteiger partial charge in [-0.05, 0) is 66.7 Å². The van der Waals surface area contributed by atoms with Gasteiger partial charge < -0.3 is 20.4 Å². The lowest BCUT2D eigenvalue weighted by Crippen LogP contribution is -2.26. The van der Waals surface area contributed by atoms with Crippen molar-refractivity contribution in [3.63, 3.8) is 0 Å². The van der Waals surface area contributed by atoms with Crippen molar-refractivity contribution in [3.8, 4) is 0 Å². The van der Waals surface area contributed by atoms with E-state index >= 15 is 0 Å². The first-order chi connectivity index (χ1) is 15.1. The van der Waals surface area contributed by atoms with Crippen LogP contribution in [0, 0.1) is 0 Å². The van der Waals surface area contributed by atoms with Crippen molar-refractivity contribution in [1.82, 2.24) is 25.3 Å². The van der Waals surface area contributed by atoms with Gasteiger partial charge in [0, 0.05) is 23.1 Å². The standard InChI is InChI=1S/C23H19N5O2/c29-8-7-24-23(30)21-12-20-11-18-4-3-16(26-18)9-14-1-2-15(25-14)10-17-5-6-19(27-17)13-22(21)28-20/h1-6,9-13,25,28-29H,7-8H2,(H,24,30)/i2D. The van der Waals surface area contributed by atoms with E-state index in [1.54, 1.807) is 18.2 Å².